The van der Waals surface area contributed by atoms with E-state index in [-0.39, 0.29) is 4.87 Å². The average molecular weight is 313 g/mol. The van der Waals surface area contributed by atoms with Gasteiger partial charge in [0.2, 0.25) is 0 Å². The van der Waals surface area contributed by atoms with Gasteiger partial charge in [-0.25, -0.2) is 0 Å². The third kappa shape index (κ3) is 3.72. The van der Waals surface area contributed by atoms with Crippen LogP contribution < -0.4 is 10.6 Å². The highest BCUT2D eigenvalue weighted by Crippen LogP contribution is 2.41. The Morgan fingerprint density at radius 1 is 1.35 bits per heavy atom. The van der Waals surface area contributed by atoms with E-state index in [0.29, 0.717) is 12.0 Å². The fourth-order valence-corrected chi connectivity index (χ4v) is 4.36. The molecule has 0 bridgehead atoms. The van der Waals surface area contributed by atoms with Gasteiger partial charge in [-0.2, -0.15) is 12.6 Å². The van der Waals surface area contributed by atoms with Crippen LogP contribution in [0.2, 0.25) is 0 Å². The Bertz CT molecular complexity index is 444. The molecule has 0 amide bonds. The average Bonchev–Trinajstić information content (AvgIpc) is 3.16. The maximum Gasteiger partial charge on any atom is 0.131 e. The van der Waals surface area contributed by atoms with Crippen molar-refractivity contribution < 1.29 is 0 Å². The highest BCUT2D eigenvalue weighted by Gasteiger charge is 2.33. The molecule has 2 saturated carbocycles. The van der Waals surface area contributed by atoms with E-state index in [4.69, 9.17) is 12.6 Å². The fourth-order valence-electron chi connectivity index (χ4n) is 2.95. The van der Waals surface area contributed by atoms with E-state index < -0.39 is 0 Å². The molecule has 1 aromatic heterocycles. The first kappa shape index (κ1) is 14.8. The van der Waals surface area contributed by atoms with Crippen molar-refractivity contribution in [2.24, 2.45) is 0 Å². The third-order valence-electron chi connectivity index (χ3n) is 4.20. The van der Waals surface area contributed by atoms with Crippen molar-refractivity contribution in [2.45, 2.75) is 68.8 Å². The molecular formula is C14H24N4S2. The summed E-state index contributed by atoms with van der Waals surface area (Å²) in [6, 6.07) is 0.593. The summed E-state index contributed by atoms with van der Waals surface area (Å²) in [6.45, 7) is 4.01. The molecule has 0 aliphatic heterocycles. The maximum atomic E-state index is 4.90. The van der Waals surface area contributed by atoms with E-state index in [1.165, 1.54) is 30.7 Å². The smallest absolute Gasteiger partial charge is 0.131 e. The maximum absolute atomic E-state index is 4.90. The van der Waals surface area contributed by atoms with Gasteiger partial charge in [0.05, 0.1) is 11.4 Å². The molecule has 0 radical (unpaired) electrons. The molecular weight excluding hydrogens is 288 g/mol. The van der Waals surface area contributed by atoms with E-state index in [9.17, 15) is 0 Å². The summed E-state index contributed by atoms with van der Waals surface area (Å²) in [5.41, 5.74) is 0. The monoisotopic (exact) mass is 312 g/mol. The Morgan fingerprint density at radius 2 is 2.20 bits per heavy atom. The van der Waals surface area contributed by atoms with Gasteiger partial charge in [-0.3, -0.25) is 5.32 Å². The van der Waals surface area contributed by atoms with Gasteiger partial charge < -0.3 is 5.32 Å². The second-order valence-corrected chi connectivity index (χ2v) is 7.99. The molecule has 20 heavy (non-hydrogen) atoms. The van der Waals surface area contributed by atoms with E-state index in [1.807, 2.05) is 0 Å². The predicted octanol–water partition coefficient (Wildman–Crippen LogP) is 2.68. The molecule has 2 fully saturated rings. The van der Waals surface area contributed by atoms with Crippen molar-refractivity contribution in [3.63, 3.8) is 0 Å². The Balaban J connectivity index is 1.52. The van der Waals surface area contributed by atoms with Crippen molar-refractivity contribution in [1.82, 2.24) is 20.8 Å². The van der Waals surface area contributed by atoms with Gasteiger partial charge in [-0.1, -0.05) is 18.3 Å². The van der Waals surface area contributed by atoms with Crippen molar-refractivity contribution >= 4 is 24.0 Å². The lowest BCUT2D eigenvalue weighted by Gasteiger charge is -2.38. The summed E-state index contributed by atoms with van der Waals surface area (Å²) in [6.07, 6.45) is 7.30. The highest BCUT2D eigenvalue weighted by molar-refractivity contribution is 7.81. The molecule has 2 N–H and O–H groups in total. The second kappa shape index (κ2) is 6.30. The molecule has 6 heteroatoms. The number of hydrogen-bond acceptors (Lipinski definition) is 6. The molecule has 0 aromatic carbocycles. The number of rotatable bonds is 6. The minimum atomic E-state index is -0.0590. The molecule has 4 nitrogen and oxygen atoms in total. The zero-order valence-electron chi connectivity index (χ0n) is 12.1. The van der Waals surface area contributed by atoms with Crippen LogP contribution in [0.1, 0.15) is 61.4 Å². The molecule has 1 unspecified atom stereocenters. The van der Waals surface area contributed by atoms with Gasteiger partial charge in [-0.05, 0) is 45.1 Å². The van der Waals surface area contributed by atoms with Crippen molar-refractivity contribution in [2.75, 3.05) is 6.54 Å². The summed E-state index contributed by atoms with van der Waals surface area (Å²) in [4.78, 5) is -0.0590. The summed E-state index contributed by atoms with van der Waals surface area (Å²) in [7, 11) is 0. The number of nitrogens with one attached hydrogen (secondary N) is 2. The second-order valence-electron chi connectivity index (χ2n) is 6.04. The Morgan fingerprint density at radius 3 is 2.95 bits per heavy atom. The molecule has 3 rings (SSSR count). The predicted molar refractivity (Wildman–Crippen MR) is 86.4 cm³/mol. The van der Waals surface area contributed by atoms with Crippen LogP contribution in [0.4, 0.5) is 0 Å². The normalized spacial score (nSPS) is 30.6. The number of nitrogens with zero attached hydrogens (tertiary/aromatic N) is 2. The summed E-state index contributed by atoms with van der Waals surface area (Å²) in [5.74, 6) is 0.707. The van der Waals surface area contributed by atoms with Crippen molar-refractivity contribution in [3.8, 4) is 0 Å². The van der Waals surface area contributed by atoms with Gasteiger partial charge in [0, 0.05) is 12.0 Å². The van der Waals surface area contributed by atoms with E-state index in [0.717, 1.165) is 30.9 Å². The third-order valence-corrected chi connectivity index (χ3v) is 5.85. The zero-order chi connectivity index (χ0) is 14.0. The van der Waals surface area contributed by atoms with Gasteiger partial charge in [0.15, 0.2) is 0 Å². The number of aromatic nitrogens is 2. The Hall–Kier alpha value is -0.170. The summed E-state index contributed by atoms with van der Waals surface area (Å²) < 4.78 is 0. The van der Waals surface area contributed by atoms with Crippen LogP contribution in [-0.4, -0.2) is 27.7 Å². The van der Waals surface area contributed by atoms with Crippen molar-refractivity contribution in [3.05, 3.63) is 10.0 Å². The Kier molecular flexibility index (Phi) is 4.65. The standard InChI is InChI=1S/C14H24N4S2/c1-2-15-11-4-3-7-14(19,8-11)16-9-12-17-18-13(20-12)10-5-6-10/h10-11,15-16,19H,2-9H2,1H3/t11-,14?/m0/s1. The van der Waals surface area contributed by atoms with Crippen LogP contribution >= 0.6 is 24.0 Å². The van der Waals surface area contributed by atoms with Gasteiger partial charge >= 0.3 is 0 Å². The number of thiol groups is 1. The molecule has 1 heterocycles. The summed E-state index contributed by atoms with van der Waals surface area (Å²) in [5, 5.41) is 18.1. The topological polar surface area (TPSA) is 49.8 Å². The molecule has 2 aliphatic carbocycles. The molecule has 2 aliphatic rings. The summed E-state index contributed by atoms with van der Waals surface area (Å²) >= 11 is 6.66. The molecule has 112 valence electrons. The van der Waals surface area contributed by atoms with Gasteiger partial charge in [0.1, 0.15) is 10.0 Å². The molecule has 2 atom stereocenters. The van der Waals surface area contributed by atoms with E-state index in [1.54, 1.807) is 11.3 Å². The van der Waals surface area contributed by atoms with Crippen LogP contribution in [0.25, 0.3) is 0 Å². The lowest BCUT2D eigenvalue weighted by Crippen LogP contribution is -2.48. The first-order valence-electron chi connectivity index (χ1n) is 7.71. The number of hydrogen-bond donors (Lipinski definition) is 3. The van der Waals surface area contributed by atoms with Crippen molar-refractivity contribution in [1.29, 1.82) is 0 Å². The largest absolute Gasteiger partial charge is 0.314 e. The van der Waals surface area contributed by atoms with Gasteiger partial charge in [0.25, 0.3) is 0 Å². The first-order chi connectivity index (χ1) is 9.68. The van der Waals surface area contributed by atoms with Crippen LogP contribution in [0, 0.1) is 0 Å². The van der Waals surface area contributed by atoms with E-state index in [2.05, 4.69) is 27.8 Å². The lowest BCUT2D eigenvalue weighted by molar-refractivity contribution is 0.279. The van der Waals surface area contributed by atoms with E-state index >= 15 is 0 Å². The molecule has 1 aromatic rings. The molecule has 0 spiro atoms. The minimum absolute atomic E-state index is 0.0590. The SMILES string of the molecule is CCN[C@H]1CCCC(S)(NCc2nnc(C3CC3)s2)C1. The van der Waals surface area contributed by atoms with Crippen LogP contribution in [-0.2, 0) is 6.54 Å². The fraction of sp³-hybridized carbons (Fsp3) is 0.857. The Labute approximate surface area is 130 Å². The molecule has 0 saturated heterocycles. The van der Waals surface area contributed by atoms with Gasteiger partial charge in [-0.15, -0.1) is 10.2 Å². The van der Waals surface area contributed by atoms with Crippen LogP contribution in [0.5, 0.6) is 0 Å². The highest BCUT2D eigenvalue weighted by atomic mass is 32.1. The minimum Gasteiger partial charge on any atom is -0.314 e. The first-order valence-corrected chi connectivity index (χ1v) is 8.98. The van der Waals surface area contributed by atoms with Crippen LogP contribution in [0.3, 0.4) is 0 Å². The zero-order valence-corrected chi connectivity index (χ0v) is 13.8. The quantitative estimate of drug-likeness (QED) is 0.558. The van der Waals surface area contributed by atoms with Crippen LogP contribution in [0.15, 0.2) is 0 Å². The lowest BCUT2D eigenvalue weighted by atomic mass is 9.90.